The Bertz CT molecular complexity index is 920. The zero-order chi connectivity index (χ0) is 22.5. The van der Waals surface area contributed by atoms with E-state index < -0.39 is 0 Å². The number of nitrogens with zero attached hydrogens (tertiary/aromatic N) is 2. The Morgan fingerprint density at radius 3 is 2.59 bits per heavy atom. The van der Waals surface area contributed by atoms with Crippen LogP contribution in [0.2, 0.25) is 5.02 Å². The van der Waals surface area contributed by atoms with Gasteiger partial charge >= 0.3 is 0 Å². The van der Waals surface area contributed by atoms with Crippen LogP contribution in [0.15, 0.2) is 36.5 Å². The summed E-state index contributed by atoms with van der Waals surface area (Å²) in [6.45, 7) is 4.74. The van der Waals surface area contributed by atoms with Crippen LogP contribution in [0, 0.1) is 17.2 Å². The molecule has 5 rings (SSSR count). The van der Waals surface area contributed by atoms with Crippen molar-refractivity contribution in [3.8, 4) is 5.88 Å². The first-order valence-electron chi connectivity index (χ1n) is 11.5. The minimum Gasteiger partial charge on any atom is -0.481 e. The fourth-order valence-electron chi connectivity index (χ4n) is 5.17. The predicted molar refractivity (Wildman–Crippen MR) is 129 cm³/mol. The molecule has 3 N–H and O–H groups in total. The summed E-state index contributed by atoms with van der Waals surface area (Å²) in [4.78, 5) is 6.72. The molecule has 3 fully saturated rings. The van der Waals surface area contributed by atoms with Crippen LogP contribution in [-0.2, 0) is 4.74 Å². The van der Waals surface area contributed by atoms with E-state index in [0.29, 0.717) is 33.4 Å². The van der Waals surface area contributed by atoms with Crippen molar-refractivity contribution >= 4 is 23.0 Å². The van der Waals surface area contributed by atoms with Crippen LogP contribution in [0.1, 0.15) is 43.2 Å². The Kier molecular flexibility index (Phi) is 7.66. The van der Waals surface area contributed by atoms with Gasteiger partial charge in [-0.05, 0) is 61.8 Å². The molecule has 172 valence electrons. The summed E-state index contributed by atoms with van der Waals surface area (Å²) in [5, 5.41) is 8.70. The lowest BCUT2D eigenvalue weighted by Crippen LogP contribution is -2.40. The van der Waals surface area contributed by atoms with Crippen LogP contribution in [0.5, 0.6) is 5.88 Å². The van der Waals surface area contributed by atoms with Crippen molar-refractivity contribution in [2.24, 2.45) is 11.8 Å². The SMILES string of the molecule is C1COCC(N2C[C@H]3CCC[C@H]3C2)C1.COc1cc(C(=N)c2ccc(Cl)cc2N)ccn1. The van der Waals surface area contributed by atoms with Crippen LogP contribution < -0.4 is 10.5 Å². The Labute approximate surface area is 195 Å². The molecule has 1 aliphatic carbocycles. The third kappa shape index (κ3) is 5.42. The summed E-state index contributed by atoms with van der Waals surface area (Å²) in [6.07, 6.45) is 8.72. The van der Waals surface area contributed by atoms with E-state index in [1.54, 1.807) is 36.5 Å². The molecule has 32 heavy (non-hydrogen) atoms. The highest BCUT2D eigenvalue weighted by atomic mass is 35.5. The van der Waals surface area contributed by atoms with Gasteiger partial charge in [0, 0.05) is 59.8 Å². The molecule has 3 aliphatic rings. The van der Waals surface area contributed by atoms with Crippen molar-refractivity contribution in [3.63, 3.8) is 0 Å². The highest BCUT2D eigenvalue weighted by Gasteiger charge is 2.38. The fourth-order valence-corrected chi connectivity index (χ4v) is 5.36. The van der Waals surface area contributed by atoms with E-state index in [2.05, 4.69) is 9.88 Å². The normalized spacial score (nSPS) is 25.0. The molecule has 6 nitrogen and oxygen atoms in total. The molecule has 0 bridgehead atoms. The van der Waals surface area contributed by atoms with Gasteiger partial charge in [0.05, 0.1) is 19.4 Å². The number of fused-ring (bicyclic) bond motifs is 1. The van der Waals surface area contributed by atoms with Crippen molar-refractivity contribution in [3.05, 3.63) is 52.7 Å². The third-order valence-corrected chi connectivity index (χ3v) is 7.16. The Hall–Kier alpha value is -2.15. The van der Waals surface area contributed by atoms with E-state index in [4.69, 9.17) is 32.2 Å². The van der Waals surface area contributed by atoms with Crippen LogP contribution >= 0.6 is 11.6 Å². The standard InChI is InChI=1S/C13H12ClN3O.C12H21NO/c1-18-12-6-8(4-5-17-12)13(16)10-3-2-9(14)7-11(10)15;1-3-10-7-13(8-11(10)4-1)12-5-2-6-14-9-12/h2-7,16H,15H2,1H3;10-12H,1-9H2/t;10-,11+,12?. The molecule has 2 aromatic rings. The van der Waals surface area contributed by atoms with Gasteiger partial charge in [-0.2, -0.15) is 0 Å². The second kappa shape index (κ2) is 10.6. The number of nitrogens with one attached hydrogen (secondary N) is 1. The van der Waals surface area contributed by atoms with Crippen LogP contribution in [-0.4, -0.2) is 55.1 Å². The number of rotatable bonds is 4. The van der Waals surface area contributed by atoms with Crippen molar-refractivity contribution in [1.82, 2.24) is 9.88 Å². The van der Waals surface area contributed by atoms with E-state index in [1.807, 2.05) is 0 Å². The largest absolute Gasteiger partial charge is 0.481 e. The Balaban J connectivity index is 0.000000157. The maximum Gasteiger partial charge on any atom is 0.213 e. The van der Waals surface area contributed by atoms with Crippen molar-refractivity contribution in [2.75, 3.05) is 39.1 Å². The van der Waals surface area contributed by atoms with E-state index in [0.717, 1.165) is 31.1 Å². The van der Waals surface area contributed by atoms with Gasteiger partial charge in [-0.25, -0.2) is 4.98 Å². The second-order valence-electron chi connectivity index (χ2n) is 8.97. The van der Waals surface area contributed by atoms with Gasteiger partial charge in [0.25, 0.3) is 0 Å². The zero-order valence-electron chi connectivity index (χ0n) is 18.7. The molecule has 1 aromatic heterocycles. The van der Waals surface area contributed by atoms with Gasteiger partial charge in [0.1, 0.15) is 0 Å². The highest BCUT2D eigenvalue weighted by molar-refractivity contribution is 6.31. The number of aromatic nitrogens is 1. The number of pyridine rings is 1. The molecule has 1 saturated carbocycles. The fraction of sp³-hybridized carbons (Fsp3) is 0.520. The first kappa shape index (κ1) is 23.0. The van der Waals surface area contributed by atoms with E-state index in [-0.39, 0.29) is 0 Å². The third-order valence-electron chi connectivity index (χ3n) is 6.92. The summed E-state index contributed by atoms with van der Waals surface area (Å²) in [5.41, 5.74) is 7.97. The first-order valence-corrected chi connectivity index (χ1v) is 11.9. The topological polar surface area (TPSA) is 84.5 Å². The molecule has 7 heteroatoms. The second-order valence-corrected chi connectivity index (χ2v) is 9.41. The minimum atomic E-state index is 0.310. The van der Waals surface area contributed by atoms with Gasteiger partial charge in [-0.3, -0.25) is 10.3 Å². The average molecular weight is 457 g/mol. The number of anilines is 1. The number of ether oxygens (including phenoxy) is 2. The first-order chi connectivity index (χ1) is 15.5. The number of halogens is 1. The number of methoxy groups -OCH3 is 1. The van der Waals surface area contributed by atoms with Gasteiger partial charge in [-0.1, -0.05) is 18.0 Å². The Morgan fingerprint density at radius 2 is 1.94 bits per heavy atom. The summed E-state index contributed by atoms with van der Waals surface area (Å²) in [7, 11) is 1.53. The Morgan fingerprint density at radius 1 is 1.16 bits per heavy atom. The van der Waals surface area contributed by atoms with E-state index in [9.17, 15) is 0 Å². The van der Waals surface area contributed by atoms with Crippen molar-refractivity contribution < 1.29 is 9.47 Å². The smallest absolute Gasteiger partial charge is 0.213 e. The number of hydrogen-bond donors (Lipinski definition) is 2. The van der Waals surface area contributed by atoms with E-state index >= 15 is 0 Å². The molecule has 0 amide bonds. The molecule has 0 radical (unpaired) electrons. The molecule has 1 aromatic carbocycles. The van der Waals surface area contributed by atoms with E-state index in [1.165, 1.54) is 52.3 Å². The number of likely N-dealkylation sites (tertiary alicyclic amines) is 1. The molecular formula is C25H33ClN4O2. The van der Waals surface area contributed by atoms with Crippen molar-refractivity contribution in [2.45, 2.75) is 38.1 Å². The lowest BCUT2D eigenvalue weighted by Gasteiger charge is -2.31. The lowest BCUT2D eigenvalue weighted by molar-refractivity contribution is 0.0240. The monoisotopic (exact) mass is 456 g/mol. The van der Waals surface area contributed by atoms with Crippen LogP contribution in [0.4, 0.5) is 5.69 Å². The number of benzene rings is 1. The average Bonchev–Trinajstić information content (AvgIpc) is 3.42. The summed E-state index contributed by atoms with van der Waals surface area (Å²) < 4.78 is 10.6. The quantitative estimate of drug-likeness (QED) is 0.517. The molecule has 0 spiro atoms. The molecular weight excluding hydrogens is 424 g/mol. The van der Waals surface area contributed by atoms with Gasteiger partial charge in [-0.15, -0.1) is 0 Å². The van der Waals surface area contributed by atoms with Gasteiger partial charge in [0.15, 0.2) is 0 Å². The number of hydrogen-bond acceptors (Lipinski definition) is 6. The number of nitrogen functional groups attached to an aromatic ring is 1. The maximum atomic E-state index is 8.15. The summed E-state index contributed by atoms with van der Waals surface area (Å²) >= 11 is 5.83. The van der Waals surface area contributed by atoms with Crippen molar-refractivity contribution in [1.29, 1.82) is 5.41 Å². The predicted octanol–water partition coefficient (Wildman–Crippen LogP) is 4.64. The van der Waals surface area contributed by atoms with Crippen LogP contribution in [0.25, 0.3) is 0 Å². The minimum absolute atomic E-state index is 0.310. The molecule has 3 atom stereocenters. The molecule has 3 heterocycles. The molecule has 2 saturated heterocycles. The van der Waals surface area contributed by atoms with Crippen LogP contribution in [0.3, 0.4) is 0 Å². The lowest BCUT2D eigenvalue weighted by atomic mass is 10.0. The zero-order valence-corrected chi connectivity index (χ0v) is 19.5. The highest BCUT2D eigenvalue weighted by Crippen LogP contribution is 2.39. The molecule has 1 unspecified atom stereocenters. The maximum absolute atomic E-state index is 8.15. The number of nitrogens with two attached hydrogens (primary N) is 1. The summed E-state index contributed by atoms with van der Waals surface area (Å²) in [5.74, 6) is 2.54. The van der Waals surface area contributed by atoms with Gasteiger partial charge in [0.2, 0.25) is 5.88 Å². The molecule has 2 aliphatic heterocycles. The summed E-state index contributed by atoms with van der Waals surface area (Å²) in [6, 6.07) is 9.25. The van der Waals surface area contributed by atoms with Gasteiger partial charge < -0.3 is 15.2 Å².